The number of ether oxygens (including phenoxy) is 1. The van der Waals surface area contributed by atoms with Gasteiger partial charge < -0.3 is 10.1 Å². The lowest BCUT2D eigenvalue weighted by Crippen LogP contribution is -2.46. The van der Waals surface area contributed by atoms with Crippen molar-refractivity contribution < 1.29 is 22.3 Å². The van der Waals surface area contributed by atoms with Gasteiger partial charge >= 0.3 is 0 Å². The molecule has 110 valence electrons. The highest BCUT2D eigenvalue weighted by atomic mass is 32.2. The molecule has 0 saturated carbocycles. The van der Waals surface area contributed by atoms with Gasteiger partial charge in [-0.25, -0.2) is 12.8 Å². The second-order valence-electron chi connectivity index (χ2n) is 4.74. The molecule has 1 N–H and O–H groups in total. The fourth-order valence-corrected chi connectivity index (χ4v) is 3.67. The number of Topliss-reactive ketones (excluding diaryl/α,β-unsaturated/α-hetero) is 1. The molecular formula is C13H16FNO4S. The molecule has 1 aromatic carbocycles. The third kappa shape index (κ3) is 3.55. The molecule has 1 aliphatic rings. The molecule has 0 radical (unpaired) electrons. The number of benzene rings is 1. The molecule has 0 aliphatic carbocycles. The molecule has 1 atom stereocenters. The molecule has 1 aromatic rings. The van der Waals surface area contributed by atoms with Crippen LogP contribution in [0.3, 0.4) is 0 Å². The van der Waals surface area contributed by atoms with Gasteiger partial charge in [0, 0.05) is 19.0 Å². The number of hydrogen-bond acceptors (Lipinski definition) is 5. The fourth-order valence-electron chi connectivity index (χ4n) is 2.23. The lowest BCUT2D eigenvalue weighted by molar-refractivity contribution is 0.0968. The Balaban J connectivity index is 2.14. The first kappa shape index (κ1) is 14.9. The van der Waals surface area contributed by atoms with Gasteiger partial charge in [-0.1, -0.05) is 0 Å². The standard InChI is InChI=1S/C13H16FNO4S/c1-19-13-3-2-9(14)6-11(13)12(16)7-10-8-20(17,18)5-4-15-10/h2-3,6,10,15H,4-5,7-8H2,1H3. The Labute approximate surface area is 117 Å². The van der Waals surface area contributed by atoms with Crippen LogP contribution in [0.1, 0.15) is 16.8 Å². The number of carbonyl (C=O) groups excluding carboxylic acids is 1. The Kier molecular flexibility index (Phi) is 4.39. The van der Waals surface area contributed by atoms with Gasteiger partial charge in [0.05, 0.1) is 24.2 Å². The Hall–Kier alpha value is -1.47. The van der Waals surface area contributed by atoms with E-state index in [9.17, 15) is 17.6 Å². The van der Waals surface area contributed by atoms with Crippen molar-refractivity contribution in [2.45, 2.75) is 12.5 Å². The van der Waals surface area contributed by atoms with E-state index in [-0.39, 0.29) is 35.0 Å². The third-order valence-corrected chi connectivity index (χ3v) is 4.93. The summed E-state index contributed by atoms with van der Waals surface area (Å²) in [6.07, 6.45) is -0.000949. The first-order valence-corrected chi connectivity index (χ1v) is 8.04. The van der Waals surface area contributed by atoms with E-state index in [1.165, 1.54) is 19.2 Å². The van der Waals surface area contributed by atoms with Gasteiger partial charge in [0.25, 0.3) is 0 Å². The van der Waals surface area contributed by atoms with Gasteiger partial charge in [-0.15, -0.1) is 0 Å². The van der Waals surface area contributed by atoms with Crippen molar-refractivity contribution in [1.29, 1.82) is 0 Å². The zero-order valence-electron chi connectivity index (χ0n) is 11.1. The van der Waals surface area contributed by atoms with Crippen molar-refractivity contribution in [3.8, 4) is 5.75 Å². The molecule has 2 rings (SSSR count). The van der Waals surface area contributed by atoms with Crippen LogP contribution in [-0.4, -0.2) is 45.4 Å². The Bertz CT molecular complexity index is 615. The summed E-state index contributed by atoms with van der Waals surface area (Å²) in [5, 5.41) is 2.99. The molecule has 1 heterocycles. The SMILES string of the molecule is COc1ccc(F)cc1C(=O)CC1CS(=O)(=O)CCN1. The predicted molar refractivity (Wildman–Crippen MR) is 72.3 cm³/mol. The van der Waals surface area contributed by atoms with Crippen molar-refractivity contribution >= 4 is 15.6 Å². The predicted octanol–water partition coefficient (Wildman–Crippen LogP) is 0.794. The molecule has 1 unspecified atom stereocenters. The number of rotatable bonds is 4. The molecule has 0 spiro atoms. The van der Waals surface area contributed by atoms with Crippen LogP contribution < -0.4 is 10.1 Å². The zero-order valence-corrected chi connectivity index (χ0v) is 11.9. The number of sulfone groups is 1. The van der Waals surface area contributed by atoms with Crippen LogP contribution in [0.5, 0.6) is 5.75 Å². The molecule has 1 fully saturated rings. The monoisotopic (exact) mass is 301 g/mol. The van der Waals surface area contributed by atoms with Crippen molar-refractivity contribution in [2.24, 2.45) is 0 Å². The third-order valence-electron chi connectivity index (χ3n) is 3.19. The lowest BCUT2D eigenvalue weighted by atomic mass is 10.0. The maximum absolute atomic E-state index is 13.2. The largest absolute Gasteiger partial charge is 0.496 e. The zero-order chi connectivity index (χ0) is 14.8. The van der Waals surface area contributed by atoms with E-state index < -0.39 is 21.7 Å². The van der Waals surface area contributed by atoms with E-state index in [4.69, 9.17) is 4.74 Å². The fraction of sp³-hybridized carbons (Fsp3) is 0.462. The molecule has 20 heavy (non-hydrogen) atoms. The van der Waals surface area contributed by atoms with Crippen LogP contribution in [-0.2, 0) is 9.84 Å². The van der Waals surface area contributed by atoms with E-state index >= 15 is 0 Å². The second kappa shape index (κ2) is 5.88. The summed E-state index contributed by atoms with van der Waals surface area (Å²) in [4.78, 5) is 12.2. The average Bonchev–Trinajstić information content (AvgIpc) is 2.37. The Morgan fingerprint density at radius 3 is 2.90 bits per heavy atom. The maximum atomic E-state index is 13.2. The minimum atomic E-state index is -3.10. The minimum absolute atomic E-state index is 0.000949. The van der Waals surface area contributed by atoms with Gasteiger partial charge in [-0.05, 0) is 18.2 Å². The normalized spacial score (nSPS) is 21.4. The Morgan fingerprint density at radius 1 is 1.50 bits per heavy atom. The van der Waals surface area contributed by atoms with Crippen LogP contribution in [0.15, 0.2) is 18.2 Å². The highest BCUT2D eigenvalue weighted by Crippen LogP contribution is 2.22. The molecule has 7 heteroatoms. The summed E-state index contributed by atoms with van der Waals surface area (Å²) < 4.78 is 41.3. The van der Waals surface area contributed by atoms with Gasteiger partial charge in [0.15, 0.2) is 15.6 Å². The molecule has 0 bridgehead atoms. The molecule has 0 aromatic heterocycles. The molecule has 1 saturated heterocycles. The second-order valence-corrected chi connectivity index (χ2v) is 6.97. The summed E-state index contributed by atoms with van der Waals surface area (Å²) in [5.41, 5.74) is 0.136. The number of nitrogens with one attached hydrogen (secondary N) is 1. The smallest absolute Gasteiger partial charge is 0.168 e. The molecular weight excluding hydrogens is 285 g/mol. The van der Waals surface area contributed by atoms with E-state index in [1.807, 2.05) is 0 Å². The quantitative estimate of drug-likeness (QED) is 0.833. The topological polar surface area (TPSA) is 72.5 Å². The maximum Gasteiger partial charge on any atom is 0.168 e. The van der Waals surface area contributed by atoms with E-state index in [0.29, 0.717) is 6.54 Å². The minimum Gasteiger partial charge on any atom is -0.496 e. The summed E-state index contributed by atoms with van der Waals surface area (Å²) in [7, 11) is -1.71. The van der Waals surface area contributed by atoms with Crippen LogP contribution in [0, 0.1) is 5.82 Å². The average molecular weight is 301 g/mol. The first-order chi connectivity index (χ1) is 9.41. The molecule has 5 nitrogen and oxygen atoms in total. The number of methoxy groups -OCH3 is 1. The Morgan fingerprint density at radius 2 is 2.25 bits per heavy atom. The van der Waals surface area contributed by atoms with Crippen molar-refractivity contribution in [2.75, 3.05) is 25.2 Å². The summed E-state index contributed by atoms with van der Waals surface area (Å²) in [5.74, 6) is -0.568. The number of halogens is 1. The van der Waals surface area contributed by atoms with Crippen LogP contribution in [0.25, 0.3) is 0 Å². The van der Waals surface area contributed by atoms with Crippen molar-refractivity contribution in [3.05, 3.63) is 29.6 Å². The number of ketones is 1. The van der Waals surface area contributed by atoms with E-state index in [0.717, 1.165) is 6.07 Å². The van der Waals surface area contributed by atoms with E-state index in [1.54, 1.807) is 0 Å². The van der Waals surface area contributed by atoms with Crippen molar-refractivity contribution in [1.82, 2.24) is 5.32 Å². The first-order valence-electron chi connectivity index (χ1n) is 6.22. The van der Waals surface area contributed by atoms with Gasteiger partial charge in [-0.3, -0.25) is 4.79 Å². The van der Waals surface area contributed by atoms with Gasteiger partial charge in [0.2, 0.25) is 0 Å². The van der Waals surface area contributed by atoms with Crippen molar-refractivity contribution in [3.63, 3.8) is 0 Å². The summed E-state index contributed by atoms with van der Waals surface area (Å²) in [6, 6.07) is 3.26. The van der Waals surface area contributed by atoms with Crippen LogP contribution in [0.2, 0.25) is 0 Å². The number of carbonyl (C=O) groups is 1. The van der Waals surface area contributed by atoms with Gasteiger partial charge in [0.1, 0.15) is 11.6 Å². The molecule has 0 amide bonds. The summed E-state index contributed by atoms with van der Waals surface area (Å²) >= 11 is 0. The highest BCUT2D eigenvalue weighted by Gasteiger charge is 2.27. The van der Waals surface area contributed by atoms with Crippen LogP contribution >= 0.6 is 0 Å². The molecule has 1 aliphatic heterocycles. The number of hydrogen-bond donors (Lipinski definition) is 1. The van der Waals surface area contributed by atoms with Gasteiger partial charge in [-0.2, -0.15) is 0 Å². The summed E-state index contributed by atoms with van der Waals surface area (Å²) in [6.45, 7) is 0.334. The van der Waals surface area contributed by atoms with Crippen LogP contribution in [0.4, 0.5) is 4.39 Å². The lowest BCUT2D eigenvalue weighted by Gasteiger charge is -2.23. The highest BCUT2D eigenvalue weighted by molar-refractivity contribution is 7.91. The van der Waals surface area contributed by atoms with E-state index in [2.05, 4.69) is 5.32 Å².